The second-order valence-corrected chi connectivity index (χ2v) is 6.00. The van der Waals surface area contributed by atoms with E-state index in [2.05, 4.69) is 15.6 Å². The first-order valence-corrected chi connectivity index (χ1v) is 7.29. The number of guanidine groups is 1. The van der Waals surface area contributed by atoms with Crippen LogP contribution in [-0.4, -0.2) is 23.6 Å². The fourth-order valence-electron chi connectivity index (χ4n) is 1.70. The zero-order valence-corrected chi connectivity index (χ0v) is 14.0. The third-order valence-corrected chi connectivity index (χ3v) is 2.56. The molecular weight excluding hydrogens is 296 g/mol. The molecule has 0 spiro atoms. The van der Waals surface area contributed by atoms with Gasteiger partial charge in [0.15, 0.2) is 0 Å². The van der Waals surface area contributed by atoms with E-state index in [0.717, 1.165) is 11.1 Å². The normalized spacial score (nSPS) is 11.8. The van der Waals surface area contributed by atoms with Crippen molar-refractivity contribution in [3.63, 3.8) is 0 Å². The molecule has 0 bridgehead atoms. The van der Waals surface area contributed by atoms with E-state index >= 15 is 0 Å². The van der Waals surface area contributed by atoms with Crippen molar-refractivity contribution in [3.05, 3.63) is 35.4 Å². The first-order valence-electron chi connectivity index (χ1n) is 7.29. The Labute approximate surface area is 136 Å². The average molecular weight is 320 g/mol. The van der Waals surface area contributed by atoms with E-state index < -0.39 is 11.7 Å². The Bertz CT molecular complexity index is 591. The van der Waals surface area contributed by atoms with Gasteiger partial charge in [-0.15, -0.1) is 0 Å². The van der Waals surface area contributed by atoms with Gasteiger partial charge in [-0.05, 0) is 31.9 Å². The Balaban J connectivity index is 2.79. The summed E-state index contributed by atoms with van der Waals surface area (Å²) >= 11 is 0. The third-order valence-electron chi connectivity index (χ3n) is 2.56. The average Bonchev–Trinajstić information content (AvgIpc) is 2.42. The minimum Gasteiger partial charge on any atom is -0.444 e. The SMILES string of the molecule is CC(=O)NC(=NCc1cccc(CN)c1)NC(=O)OC(C)(C)C. The molecule has 0 aliphatic rings. The van der Waals surface area contributed by atoms with Gasteiger partial charge in [-0.25, -0.2) is 9.79 Å². The minimum atomic E-state index is -0.680. The molecule has 1 aromatic rings. The van der Waals surface area contributed by atoms with E-state index in [4.69, 9.17) is 10.5 Å². The lowest BCUT2D eigenvalue weighted by molar-refractivity contribution is -0.117. The van der Waals surface area contributed by atoms with Crippen LogP contribution in [0.15, 0.2) is 29.3 Å². The second-order valence-electron chi connectivity index (χ2n) is 6.00. The highest BCUT2D eigenvalue weighted by atomic mass is 16.6. The lowest BCUT2D eigenvalue weighted by Gasteiger charge is -2.20. The van der Waals surface area contributed by atoms with Gasteiger partial charge < -0.3 is 10.5 Å². The highest BCUT2D eigenvalue weighted by Gasteiger charge is 2.17. The zero-order valence-electron chi connectivity index (χ0n) is 14.0. The molecule has 0 aliphatic heterocycles. The molecule has 0 atom stereocenters. The number of alkyl carbamates (subject to hydrolysis) is 1. The largest absolute Gasteiger partial charge is 0.444 e. The van der Waals surface area contributed by atoms with Crippen LogP contribution in [-0.2, 0) is 22.6 Å². The van der Waals surface area contributed by atoms with Gasteiger partial charge in [0.25, 0.3) is 0 Å². The molecule has 0 unspecified atom stereocenters. The molecule has 7 nitrogen and oxygen atoms in total. The van der Waals surface area contributed by atoms with Gasteiger partial charge in [-0.2, -0.15) is 0 Å². The number of carbonyl (C=O) groups excluding carboxylic acids is 2. The van der Waals surface area contributed by atoms with E-state index in [9.17, 15) is 9.59 Å². The highest BCUT2D eigenvalue weighted by molar-refractivity contribution is 6.02. The number of hydrogen-bond acceptors (Lipinski definition) is 5. The first kappa shape index (κ1) is 18.6. The van der Waals surface area contributed by atoms with Gasteiger partial charge in [-0.1, -0.05) is 24.3 Å². The molecule has 23 heavy (non-hydrogen) atoms. The molecule has 0 saturated carbocycles. The monoisotopic (exact) mass is 320 g/mol. The van der Waals surface area contributed by atoms with E-state index in [-0.39, 0.29) is 11.9 Å². The molecule has 0 radical (unpaired) electrons. The highest BCUT2D eigenvalue weighted by Crippen LogP contribution is 2.07. The predicted molar refractivity (Wildman–Crippen MR) is 88.7 cm³/mol. The number of rotatable bonds is 3. The summed E-state index contributed by atoms with van der Waals surface area (Å²) in [5.41, 5.74) is 6.86. The quantitative estimate of drug-likeness (QED) is 0.581. The molecule has 2 amide bonds. The molecule has 7 heteroatoms. The maximum absolute atomic E-state index is 11.8. The number of nitrogens with two attached hydrogens (primary N) is 1. The predicted octanol–water partition coefficient (Wildman–Crippen LogP) is 1.66. The van der Waals surface area contributed by atoms with Crippen LogP contribution >= 0.6 is 0 Å². The Kier molecular flexibility index (Phi) is 6.71. The van der Waals surface area contributed by atoms with E-state index in [1.807, 2.05) is 24.3 Å². The summed E-state index contributed by atoms with van der Waals surface area (Å²) in [4.78, 5) is 27.2. The molecule has 1 aromatic carbocycles. The Hall–Kier alpha value is -2.41. The molecule has 0 aromatic heterocycles. The minimum absolute atomic E-state index is 0.0462. The first-order chi connectivity index (χ1) is 10.7. The number of benzene rings is 1. The lowest BCUT2D eigenvalue weighted by atomic mass is 10.1. The standard InChI is InChI=1S/C16H24N4O3/c1-11(21)19-14(20-15(22)23-16(2,3)4)18-10-13-7-5-6-12(8-13)9-17/h5-8H,9-10,17H2,1-4H3,(H2,18,19,20,21,22). The van der Waals surface area contributed by atoms with Crippen molar-refractivity contribution >= 4 is 18.0 Å². The van der Waals surface area contributed by atoms with E-state index in [1.165, 1.54) is 6.92 Å². The van der Waals surface area contributed by atoms with Crippen LogP contribution in [0.25, 0.3) is 0 Å². The van der Waals surface area contributed by atoms with Crippen LogP contribution < -0.4 is 16.4 Å². The van der Waals surface area contributed by atoms with Crippen molar-refractivity contribution in [2.45, 2.75) is 46.4 Å². The number of nitrogens with one attached hydrogen (secondary N) is 2. The Morgan fingerprint density at radius 3 is 2.43 bits per heavy atom. The van der Waals surface area contributed by atoms with E-state index in [0.29, 0.717) is 13.1 Å². The molecule has 1 rings (SSSR count). The maximum atomic E-state index is 11.8. The second kappa shape index (κ2) is 8.28. The van der Waals surface area contributed by atoms with Crippen LogP contribution in [0.4, 0.5) is 4.79 Å². The smallest absolute Gasteiger partial charge is 0.414 e. The van der Waals surface area contributed by atoms with Gasteiger partial charge in [-0.3, -0.25) is 15.4 Å². The molecule has 0 heterocycles. The van der Waals surface area contributed by atoms with Crippen molar-refractivity contribution in [3.8, 4) is 0 Å². The summed E-state index contributed by atoms with van der Waals surface area (Å²) in [7, 11) is 0. The van der Waals surface area contributed by atoms with Crippen molar-refractivity contribution < 1.29 is 14.3 Å². The van der Waals surface area contributed by atoms with Crippen LogP contribution in [0.2, 0.25) is 0 Å². The van der Waals surface area contributed by atoms with Crippen LogP contribution in [0.1, 0.15) is 38.8 Å². The summed E-state index contributed by atoms with van der Waals surface area (Å²) < 4.78 is 5.14. The Morgan fingerprint density at radius 1 is 1.22 bits per heavy atom. The topological polar surface area (TPSA) is 106 Å². The molecule has 0 saturated heterocycles. The van der Waals surface area contributed by atoms with Gasteiger partial charge in [0.1, 0.15) is 5.60 Å². The number of aliphatic imine (C=N–C) groups is 1. The summed E-state index contributed by atoms with van der Waals surface area (Å²) in [5.74, 6) is -0.291. The zero-order chi connectivity index (χ0) is 17.5. The number of amides is 2. The molecular formula is C16H24N4O3. The van der Waals surface area contributed by atoms with Crippen LogP contribution in [0, 0.1) is 0 Å². The van der Waals surface area contributed by atoms with Gasteiger partial charge >= 0.3 is 6.09 Å². The fourth-order valence-corrected chi connectivity index (χ4v) is 1.70. The summed E-state index contributed by atoms with van der Waals surface area (Å²) in [6.07, 6.45) is -0.680. The van der Waals surface area contributed by atoms with Crippen molar-refractivity contribution in [1.29, 1.82) is 0 Å². The van der Waals surface area contributed by atoms with Crippen molar-refractivity contribution in [1.82, 2.24) is 10.6 Å². The van der Waals surface area contributed by atoms with Gasteiger partial charge in [0, 0.05) is 13.5 Å². The lowest BCUT2D eigenvalue weighted by Crippen LogP contribution is -2.45. The summed E-state index contributed by atoms with van der Waals surface area (Å²) in [6, 6.07) is 7.61. The van der Waals surface area contributed by atoms with Crippen LogP contribution in [0.5, 0.6) is 0 Å². The van der Waals surface area contributed by atoms with E-state index in [1.54, 1.807) is 20.8 Å². The number of ether oxygens (including phenoxy) is 1. The van der Waals surface area contributed by atoms with Crippen molar-refractivity contribution in [2.24, 2.45) is 10.7 Å². The molecule has 126 valence electrons. The fraction of sp³-hybridized carbons (Fsp3) is 0.438. The molecule has 0 fully saturated rings. The summed E-state index contributed by atoms with van der Waals surface area (Å²) in [6.45, 7) is 7.31. The number of carbonyl (C=O) groups is 2. The number of hydrogen-bond donors (Lipinski definition) is 3. The number of nitrogens with zero attached hydrogens (tertiary/aromatic N) is 1. The maximum Gasteiger partial charge on any atom is 0.414 e. The molecule has 0 aliphatic carbocycles. The Morgan fingerprint density at radius 2 is 1.87 bits per heavy atom. The third kappa shape index (κ3) is 7.96. The van der Waals surface area contributed by atoms with Crippen molar-refractivity contribution in [2.75, 3.05) is 0 Å². The summed E-state index contributed by atoms with van der Waals surface area (Å²) in [5, 5.41) is 4.91. The van der Waals surface area contributed by atoms with Crippen LogP contribution in [0.3, 0.4) is 0 Å². The van der Waals surface area contributed by atoms with Gasteiger partial charge in [0.2, 0.25) is 11.9 Å². The molecule has 4 N–H and O–H groups in total. The van der Waals surface area contributed by atoms with Gasteiger partial charge in [0.05, 0.1) is 6.54 Å².